The van der Waals surface area contributed by atoms with E-state index in [1.807, 2.05) is 80.6 Å². The second-order valence-corrected chi connectivity index (χ2v) is 37.0. The van der Waals surface area contributed by atoms with Gasteiger partial charge in [0.15, 0.2) is 5.78 Å². The molecule has 0 aliphatic carbocycles. The Balaban J connectivity index is 0.000000226. The number of hydrogen-bond acceptors (Lipinski definition) is 19. The van der Waals surface area contributed by atoms with E-state index in [0.717, 1.165) is 108 Å². The Kier molecular flexibility index (Phi) is 40.5. The molecule has 34 heteroatoms. The SMILES string of the molecule is C.C.C.CC(=O)c1ccc2c(c1)CCN2S(=O)(=O)c1ccccc1.CCc1cc2c(cc1[N+](=O)[O-])NCC2.CCc1cc2cc[nH]c2cc1[N+](=O)[O-].CCc1ccc2c(c1)CCN2.CCc1ccc2c(c1)CCN2S(=O)(=O)c1ccccc1.O=CC(F)(F)F.O=S(=O)(Cl)c1ccccc1.O=S(=O)(c1ccccc1)N1CCc2ccccc21.[O]=[Mn]=[O].c1ccc2c(c1)CCN2. The molecule has 11 aromatic carbocycles. The van der Waals surface area contributed by atoms with Crippen LogP contribution < -0.4 is 28.9 Å². The van der Waals surface area contributed by atoms with Gasteiger partial charge in [0.1, 0.15) is 0 Å². The number of nitro benzene ring substituents is 2. The molecule has 129 heavy (non-hydrogen) atoms. The summed E-state index contributed by atoms with van der Waals surface area (Å²) in [4.78, 5) is 45.1. The number of Topliss-reactive ketones (excluding diaryl/α,β-unsaturated/α-hetero) is 1. The van der Waals surface area contributed by atoms with Crippen LogP contribution >= 0.6 is 10.7 Å². The number of fused-ring (bicyclic) bond motifs is 7. The zero-order valence-corrected chi connectivity index (χ0v) is 74.7. The van der Waals surface area contributed by atoms with Crippen molar-refractivity contribution >= 4 is 118 Å². The van der Waals surface area contributed by atoms with E-state index in [2.05, 4.69) is 83.3 Å². The average molecular weight is 1910 g/mol. The van der Waals surface area contributed by atoms with E-state index in [9.17, 15) is 71.9 Å². The van der Waals surface area contributed by atoms with Crippen molar-refractivity contribution in [2.75, 3.05) is 68.1 Å². The molecule has 0 bridgehead atoms. The van der Waals surface area contributed by atoms with Crippen molar-refractivity contribution in [3.05, 3.63) is 342 Å². The number of nitrogens with zero attached hydrogens (tertiary/aromatic N) is 5. The molecule has 0 amide bonds. The molecule has 0 saturated carbocycles. The Morgan fingerprint density at radius 3 is 1.23 bits per heavy atom. The number of para-hydroxylation sites is 2. The first-order valence-corrected chi connectivity index (χ1v) is 47.8. The molecule has 12 aromatic rings. The average Bonchev–Trinajstić information content (AvgIpc) is 1.64. The number of H-pyrrole nitrogens is 1. The number of alkyl halides is 3. The molecular formula is C95H107ClF3MnN9O16S4. The van der Waals surface area contributed by atoms with Crippen LogP contribution in [0.2, 0.25) is 0 Å². The van der Waals surface area contributed by atoms with Gasteiger partial charge in [-0.15, -0.1) is 0 Å². The fourth-order valence-electron chi connectivity index (χ4n) is 14.3. The van der Waals surface area contributed by atoms with Crippen molar-refractivity contribution in [3.63, 3.8) is 0 Å². The van der Waals surface area contributed by atoms with Crippen molar-refractivity contribution in [1.82, 2.24) is 4.98 Å². The van der Waals surface area contributed by atoms with Crippen LogP contribution in [0.15, 0.2) is 281 Å². The number of carbonyl (C=O) groups is 2. The molecule has 1 aromatic heterocycles. The number of ketones is 1. The number of carbonyl (C=O) groups excluding carboxylic acids is 2. The van der Waals surface area contributed by atoms with E-state index in [1.54, 1.807) is 134 Å². The van der Waals surface area contributed by atoms with Crippen LogP contribution in [0, 0.1) is 20.2 Å². The predicted molar refractivity (Wildman–Crippen MR) is 502 cm³/mol. The fraction of sp³-hybridized carbons (Fsp3) is 0.263. The van der Waals surface area contributed by atoms with E-state index in [0.29, 0.717) is 59.9 Å². The number of aromatic nitrogens is 1. The molecule has 687 valence electrons. The molecule has 7 heterocycles. The van der Waals surface area contributed by atoms with Crippen molar-refractivity contribution in [2.24, 2.45) is 0 Å². The first kappa shape index (κ1) is 106. The zero-order valence-electron chi connectivity index (χ0n) is 69.5. The van der Waals surface area contributed by atoms with Gasteiger partial charge in [0.25, 0.3) is 50.5 Å². The number of aryl methyl sites for hydroxylation is 4. The second-order valence-electron chi connectivity index (χ2n) is 28.7. The minimum Gasteiger partial charge on any atom is -0.384 e. The van der Waals surface area contributed by atoms with Gasteiger partial charge in [-0.2, -0.15) is 13.2 Å². The number of aldehydes is 1. The topological polar surface area (TPSA) is 353 Å². The first-order valence-electron chi connectivity index (χ1n) is 40.2. The van der Waals surface area contributed by atoms with Crippen LogP contribution in [-0.4, -0.2) is 106 Å². The Labute approximate surface area is 764 Å². The number of rotatable bonds is 14. The van der Waals surface area contributed by atoms with Crippen LogP contribution in [-0.2, 0) is 131 Å². The summed E-state index contributed by atoms with van der Waals surface area (Å²) in [5, 5.41) is 32.3. The van der Waals surface area contributed by atoms with E-state index in [-0.39, 0.29) is 59.1 Å². The second kappa shape index (κ2) is 49.5. The van der Waals surface area contributed by atoms with Crippen molar-refractivity contribution in [1.29, 1.82) is 0 Å². The molecule has 0 radical (unpaired) electrons. The molecule has 0 saturated heterocycles. The Morgan fingerprint density at radius 2 is 0.798 bits per heavy atom. The summed E-state index contributed by atoms with van der Waals surface area (Å²) >= 11 is -1.44. The van der Waals surface area contributed by atoms with Gasteiger partial charge in [0, 0.05) is 107 Å². The largest absolute Gasteiger partial charge is 0.384 e. The predicted octanol–water partition coefficient (Wildman–Crippen LogP) is 20.7. The molecule has 18 rings (SSSR count). The number of nitro groups is 2. The number of benzene rings is 11. The number of anilines is 6. The molecule has 0 fully saturated rings. The Bertz CT molecular complexity index is 6290. The van der Waals surface area contributed by atoms with Gasteiger partial charge in [-0.1, -0.05) is 183 Å². The summed E-state index contributed by atoms with van der Waals surface area (Å²) in [5.74, 6) is -0.0119. The zero-order chi connectivity index (χ0) is 91.4. The number of aromatic amines is 1. The molecule has 0 atom stereocenters. The van der Waals surface area contributed by atoms with Crippen LogP contribution in [0.3, 0.4) is 0 Å². The van der Waals surface area contributed by atoms with Gasteiger partial charge >= 0.3 is 28.7 Å². The van der Waals surface area contributed by atoms with E-state index >= 15 is 0 Å². The molecule has 25 nitrogen and oxygen atoms in total. The van der Waals surface area contributed by atoms with Crippen LogP contribution in [0.4, 0.5) is 58.7 Å². The number of halogens is 4. The maximum absolute atomic E-state index is 12.7. The third-order valence-corrected chi connectivity index (χ3v) is 27.5. The molecule has 6 aliphatic heterocycles. The summed E-state index contributed by atoms with van der Waals surface area (Å²) in [5.41, 5.74) is 19.3. The van der Waals surface area contributed by atoms with E-state index in [4.69, 9.17) is 23.1 Å². The minimum absolute atomic E-state index is 0. The maximum Gasteiger partial charge on any atom is 0.0373 e. The number of nitrogens with one attached hydrogen (secondary N) is 4. The maximum atomic E-state index is 12.7. The van der Waals surface area contributed by atoms with Gasteiger partial charge in [-0.25, -0.2) is 33.7 Å². The van der Waals surface area contributed by atoms with Crippen molar-refractivity contribution in [2.45, 2.75) is 147 Å². The third kappa shape index (κ3) is 28.7. The van der Waals surface area contributed by atoms with Crippen molar-refractivity contribution < 1.29 is 88.8 Å². The molecular weight excluding hydrogens is 1800 g/mol. The summed E-state index contributed by atoms with van der Waals surface area (Å²) in [6, 6.07) is 76.5. The fourth-order valence-corrected chi connectivity index (χ4v) is 19.6. The van der Waals surface area contributed by atoms with Gasteiger partial charge in [-0.3, -0.25) is 42.7 Å². The molecule has 4 N–H and O–H groups in total. The number of sulfonamides is 3. The van der Waals surface area contributed by atoms with Gasteiger partial charge in [0.05, 0.1) is 52.0 Å². The smallest absolute Gasteiger partial charge is 0.0373 e. The quantitative estimate of drug-likeness (QED) is 0.0196. The standard InChI is InChI=1S/C16H15NO3S.C16H17NO2S.C14H13NO2S.C10H12N2O2.C10H10N2O2.C10H13N.C8H9N.C6H5ClO2S.C2HF3O.3CH4.Mn.2O/c1-12(18)13-7-8-16-14(11-13)9-10-17(16)21(19,20)15-5-3-2-4-6-15;1-2-13-8-9-16-14(12-13)10-11-17(16)20(18,19)15-6-4-3-5-7-15;16-18(17,13-7-2-1-3-8-13)15-11-10-12-6-4-5-9-14(12)15;2*1-2-7-5-8-3-4-11-9(8)6-10(7)12(13)14;1-2-8-3-4-10-9(7-8)5-6-11-10;1-2-4-8-7(3-1)5-6-9-8;7-10(8,9)6-4-2-1-3-5-6;3-2(4,5)1-6;;;;;;/h2-8,11H,9-10H2,1H3;3-9,12H,2,10-11H2,1H3;1-9H,10-11H2;5-6,11H,2-4H2,1H3;3-6,11H,2H2,1H3;3-4,7,11H,2,5-6H2,1H3;1-4,9H,5-6H2;1-5H;1H;3*1H4;;;. The minimum atomic E-state index is -4.64. The van der Waals surface area contributed by atoms with Crippen LogP contribution in [0.1, 0.15) is 123 Å². The molecule has 0 spiro atoms. The van der Waals surface area contributed by atoms with Crippen LogP contribution in [0.25, 0.3) is 10.9 Å². The van der Waals surface area contributed by atoms with Crippen molar-refractivity contribution in [3.8, 4) is 0 Å². The third-order valence-electron chi connectivity index (χ3n) is 20.7. The number of hydrogen-bond donors (Lipinski definition) is 4. The monoisotopic (exact) mass is 1900 g/mol. The summed E-state index contributed by atoms with van der Waals surface area (Å²) in [7, 11) is -8.89. The summed E-state index contributed by atoms with van der Waals surface area (Å²) < 4.78 is 149. The van der Waals surface area contributed by atoms with E-state index < -0.39 is 66.4 Å². The Morgan fingerprint density at radius 1 is 0.434 bits per heavy atom. The Hall–Kier alpha value is -12.1. The normalized spacial score (nSPS) is 12.9. The molecule has 0 unspecified atom stereocenters. The first-order chi connectivity index (χ1) is 60.2. The van der Waals surface area contributed by atoms with Gasteiger partial charge < -0.3 is 20.9 Å². The van der Waals surface area contributed by atoms with Crippen LogP contribution in [0.5, 0.6) is 0 Å². The summed E-state index contributed by atoms with van der Waals surface area (Å²) in [6.45, 7) is 14.2. The molecule has 6 aliphatic rings. The van der Waals surface area contributed by atoms with E-state index in [1.165, 1.54) is 84.0 Å². The van der Waals surface area contributed by atoms with Gasteiger partial charge in [0.2, 0.25) is 6.29 Å². The summed E-state index contributed by atoms with van der Waals surface area (Å²) in [6.07, 6.45) is 5.15. The van der Waals surface area contributed by atoms with Gasteiger partial charge in [-0.05, 0) is 225 Å².